The number of anilines is 1. The van der Waals surface area contributed by atoms with Crippen molar-refractivity contribution >= 4 is 17.6 Å². The summed E-state index contributed by atoms with van der Waals surface area (Å²) < 4.78 is 4.70. The van der Waals surface area contributed by atoms with Crippen LogP contribution in [0.2, 0.25) is 0 Å². The van der Waals surface area contributed by atoms with Crippen molar-refractivity contribution < 1.29 is 14.3 Å². The lowest BCUT2D eigenvalue weighted by Gasteiger charge is -2.43. The second kappa shape index (κ2) is 7.90. The molecule has 1 N–H and O–H groups in total. The molecule has 4 nitrogen and oxygen atoms in total. The first-order chi connectivity index (χ1) is 14.0. The zero-order valence-corrected chi connectivity index (χ0v) is 19.2. The second-order valence-electron chi connectivity index (χ2n) is 9.79. The summed E-state index contributed by atoms with van der Waals surface area (Å²) in [6, 6.07) is 9.55. The molecular weight excluding hydrogens is 374 g/mol. The van der Waals surface area contributed by atoms with Crippen LogP contribution in [0.15, 0.2) is 30.3 Å². The lowest BCUT2D eigenvalue weighted by Crippen LogP contribution is -2.36. The van der Waals surface area contributed by atoms with E-state index >= 15 is 0 Å². The van der Waals surface area contributed by atoms with Gasteiger partial charge in [0.05, 0.1) is 13.5 Å². The number of rotatable bonds is 4. The highest BCUT2D eigenvalue weighted by molar-refractivity contribution is 6.06. The Bertz CT molecular complexity index is 984. The number of amides is 1. The fraction of sp³-hybridized carbons (Fsp3) is 0.462. The van der Waals surface area contributed by atoms with Crippen molar-refractivity contribution in [2.24, 2.45) is 0 Å². The predicted molar refractivity (Wildman–Crippen MR) is 121 cm³/mol. The molecule has 0 radical (unpaired) electrons. The summed E-state index contributed by atoms with van der Waals surface area (Å²) in [6.45, 7) is 13.3. The first-order valence-corrected chi connectivity index (χ1v) is 10.6. The molecular formula is C26H33NO3. The molecule has 0 aromatic heterocycles. The third-order valence-electron chi connectivity index (χ3n) is 6.57. The third-order valence-corrected chi connectivity index (χ3v) is 6.57. The molecule has 30 heavy (non-hydrogen) atoms. The van der Waals surface area contributed by atoms with Crippen LogP contribution in [0, 0.1) is 13.8 Å². The summed E-state index contributed by atoms with van der Waals surface area (Å²) in [5.41, 5.74) is 7.28. The van der Waals surface area contributed by atoms with E-state index in [4.69, 9.17) is 4.74 Å². The molecule has 1 aliphatic carbocycles. The Morgan fingerprint density at radius 1 is 1.00 bits per heavy atom. The fourth-order valence-electron chi connectivity index (χ4n) is 4.76. The van der Waals surface area contributed by atoms with Gasteiger partial charge in [-0.05, 0) is 77.5 Å². The first kappa shape index (κ1) is 22.1. The van der Waals surface area contributed by atoms with Gasteiger partial charge in [-0.2, -0.15) is 0 Å². The minimum atomic E-state index is -0.280. The largest absolute Gasteiger partial charge is 0.469 e. The van der Waals surface area contributed by atoms with Gasteiger partial charge in [-0.15, -0.1) is 0 Å². The number of hydrogen-bond acceptors (Lipinski definition) is 3. The van der Waals surface area contributed by atoms with Gasteiger partial charge in [0.25, 0.3) is 5.91 Å². The van der Waals surface area contributed by atoms with Gasteiger partial charge in [0.2, 0.25) is 0 Å². The van der Waals surface area contributed by atoms with Crippen LogP contribution in [0.25, 0.3) is 0 Å². The van der Waals surface area contributed by atoms with Crippen molar-refractivity contribution in [3.63, 3.8) is 0 Å². The topological polar surface area (TPSA) is 55.4 Å². The van der Waals surface area contributed by atoms with Gasteiger partial charge < -0.3 is 10.1 Å². The van der Waals surface area contributed by atoms with Gasteiger partial charge in [0.1, 0.15) is 0 Å². The smallest absolute Gasteiger partial charge is 0.309 e. The number of benzene rings is 2. The summed E-state index contributed by atoms with van der Waals surface area (Å²) in [5, 5.41) is 3.03. The van der Waals surface area contributed by atoms with Crippen LogP contribution in [0.5, 0.6) is 0 Å². The molecule has 0 heterocycles. The molecule has 1 aliphatic rings. The standard InChI is InChI=1S/C26H33NO3/c1-16-14-20-23(26(5,6)13-12-25(20,3)4)17(2)22(16)24(29)27-19-10-8-18(9-11-19)15-21(28)30-7/h8-11,14H,12-13,15H2,1-7H3,(H,27,29). The average molecular weight is 408 g/mol. The Morgan fingerprint density at radius 3 is 2.20 bits per heavy atom. The number of methoxy groups -OCH3 is 1. The Hall–Kier alpha value is -2.62. The Labute approximate surface area is 180 Å². The van der Waals surface area contributed by atoms with Gasteiger partial charge in [-0.25, -0.2) is 0 Å². The molecule has 0 spiro atoms. The lowest BCUT2D eigenvalue weighted by molar-refractivity contribution is -0.139. The van der Waals surface area contributed by atoms with Crippen LogP contribution >= 0.6 is 0 Å². The number of aryl methyl sites for hydroxylation is 1. The van der Waals surface area contributed by atoms with E-state index in [1.54, 1.807) is 0 Å². The van der Waals surface area contributed by atoms with E-state index in [0.29, 0.717) is 5.69 Å². The van der Waals surface area contributed by atoms with E-state index in [2.05, 4.69) is 46.0 Å². The van der Waals surface area contributed by atoms with Crippen molar-refractivity contribution in [3.8, 4) is 0 Å². The molecule has 2 aromatic carbocycles. The molecule has 0 aliphatic heterocycles. The van der Waals surface area contributed by atoms with Crippen LogP contribution < -0.4 is 5.32 Å². The summed E-state index contributed by atoms with van der Waals surface area (Å²) in [5.74, 6) is -0.370. The highest BCUT2D eigenvalue weighted by Crippen LogP contribution is 2.48. The summed E-state index contributed by atoms with van der Waals surface area (Å²) in [7, 11) is 1.38. The maximum atomic E-state index is 13.2. The number of fused-ring (bicyclic) bond motifs is 1. The maximum Gasteiger partial charge on any atom is 0.309 e. The molecule has 4 heteroatoms. The van der Waals surface area contributed by atoms with Gasteiger partial charge >= 0.3 is 5.97 Å². The minimum absolute atomic E-state index is 0.0488. The minimum Gasteiger partial charge on any atom is -0.469 e. The predicted octanol–water partition coefficient (Wildman–Crippen LogP) is 5.62. The van der Waals surface area contributed by atoms with Crippen LogP contribution in [-0.2, 0) is 26.8 Å². The molecule has 0 saturated heterocycles. The normalized spacial score (nSPS) is 16.5. The Morgan fingerprint density at radius 2 is 1.60 bits per heavy atom. The number of carbonyl (C=O) groups is 2. The Kier molecular flexibility index (Phi) is 5.81. The summed E-state index contributed by atoms with van der Waals surface area (Å²) in [6.07, 6.45) is 2.48. The monoisotopic (exact) mass is 407 g/mol. The molecule has 0 fully saturated rings. The zero-order chi connectivity index (χ0) is 22.3. The van der Waals surface area contributed by atoms with Crippen molar-refractivity contribution in [2.45, 2.75) is 71.6 Å². The van der Waals surface area contributed by atoms with Crippen molar-refractivity contribution in [2.75, 3.05) is 12.4 Å². The molecule has 3 rings (SSSR count). The molecule has 160 valence electrons. The third kappa shape index (κ3) is 4.14. The molecule has 0 saturated carbocycles. The quantitative estimate of drug-likeness (QED) is 0.669. The number of esters is 1. The van der Waals surface area contributed by atoms with E-state index in [1.807, 2.05) is 31.2 Å². The van der Waals surface area contributed by atoms with Crippen molar-refractivity contribution in [1.29, 1.82) is 0 Å². The highest BCUT2D eigenvalue weighted by Gasteiger charge is 2.39. The Balaban J connectivity index is 1.93. The van der Waals surface area contributed by atoms with E-state index in [9.17, 15) is 9.59 Å². The van der Waals surface area contributed by atoms with Gasteiger partial charge in [-0.3, -0.25) is 9.59 Å². The second-order valence-corrected chi connectivity index (χ2v) is 9.79. The van der Waals surface area contributed by atoms with E-state index in [0.717, 1.165) is 35.1 Å². The average Bonchev–Trinajstić information content (AvgIpc) is 2.66. The van der Waals surface area contributed by atoms with E-state index < -0.39 is 0 Å². The van der Waals surface area contributed by atoms with Gasteiger partial charge in [0.15, 0.2) is 0 Å². The molecule has 0 unspecified atom stereocenters. The number of nitrogens with one attached hydrogen (secondary N) is 1. The number of carbonyl (C=O) groups excluding carboxylic acids is 2. The lowest BCUT2D eigenvalue weighted by atomic mass is 9.61. The van der Waals surface area contributed by atoms with Crippen molar-refractivity contribution in [1.82, 2.24) is 0 Å². The van der Waals surface area contributed by atoms with Crippen LogP contribution in [0.1, 0.15) is 78.7 Å². The van der Waals surface area contributed by atoms with Crippen molar-refractivity contribution in [3.05, 3.63) is 63.7 Å². The van der Waals surface area contributed by atoms with Crippen LogP contribution in [0.3, 0.4) is 0 Å². The summed E-state index contributed by atoms with van der Waals surface area (Å²) in [4.78, 5) is 24.7. The fourth-order valence-corrected chi connectivity index (χ4v) is 4.76. The van der Waals surface area contributed by atoms with Crippen LogP contribution in [-0.4, -0.2) is 19.0 Å². The first-order valence-electron chi connectivity index (χ1n) is 10.6. The van der Waals surface area contributed by atoms with Gasteiger partial charge in [-0.1, -0.05) is 45.9 Å². The van der Waals surface area contributed by atoms with Gasteiger partial charge in [0, 0.05) is 11.3 Å². The molecule has 1 amide bonds. The molecule has 0 atom stereocenters. The number of ether oxygens (including phenoxy) is 1. The highest BCUT2D eigenvalue weighted by atomic mass is 16.5. The number of hydrogen-bond donors (Lipinski definition) is 1. The maximum absolute atomic E-state index is 13.2. The SMILES string of the molecule is COC(=O)Cc1ccc(NC(=O)c2c(C)cc3c(c2C)C(C)(C)CCC3(C)C)cc1. The van der Waals surface area contributed by atoms with E-state index in [-0.39, 0.29) is 29.1 Å². The van der Waals surface area contributed by atoms with E-state index in [1.165, 1.54) is 18.2 Å². The summed E-state index contributed by atoms with van der Waals surface area (Å²) >= 11 is 0. The molecule has 2 aromatic rings. The molecule has 0 bridgehead atoms. The van der Waals surface area contributed by atoms with Crippen LogP contribution in [0.4, 0.5) is 5.69 Å². The zero-order valence-electron chi connectivity index (χ0n) is 19.2.